The van der Waals surface area contributed by atoms with Crippen LogP contribution in [0.3, 0.4) is 0 Å². The maximum atomic E-state index is 13.4. The van der Waals surface area contributed by atoms with Crippen molar-refractivity contribution in [3.8, 4) is 0 Å². The maximum Gasteiger partial charge on any atom is 0.254 e. The smallest absolute Gasteiger partial charge is 0.254 e. The number of hydrogen-bond acceptors (Lipinski definition) is 4. The largest absolute Gasteiger partial charge is 0.399 e. The molecule has 1 fully saturated rings. The Balaban J connectivity index is 1.61. The van der Waals surface area contributed by atoms with E-state index < -0.39 is 0 Å². The van der Waals surface area contributed by atoms with Crippen molar-refractivity contribution in [2.45, 2.75) is 26.4 Å². The molecule has 1 heterocycles. The van der Waals surface area contributed by atoms with E-state index in [0.29, 0.717) is 13.1 Å². The first kappa shape index (κ1) is 24.9. The summed E-state index contributed by atoms with van der Waals surface area (Å²) >= 11 is 0. The van der Waals surface area contributed by atoms with Crippen molar-refractivity contribution in [3.05, 3.63) is 101 Å². The summed E-state index contributed by atoms with van der Waals surface area (Å²) in [6.07, 6.45) is 0. The number of carbonyl (C=O) groups is 1. The molecule has 4 rings (SSSR count). The Morgan fingerprint density at radius 1 is 0.943 bits per heavy atom. The van der Waals surface area contributed by atoms with E-state index in [4.69, 9.17) is 5.73 Å². The summed E-state index contributed by atoms with van der Waals surface area (Å²) in [4.78, 5) is 20.2. The number of carbonyl (C=O) groups excluding carboxylic acids is 1. The van der Waals surface area contributed by atoms with Crippen molar-refractivity contribution < 1.29 is 9.18 Å². The van der Waals surface area contributed by atoms with Gasteiger partial charge in [0.1, 0.15) is 5.82 Å². The Bertz CT molecular complexity index is 1120. The van der Waals surface area contributed by atoms with Gasteiger partial charge in [-0.1, -0.05) is 42.5 Å². The van der Waals surface area contributed by atoms with Gasteiger partial charge in [-0.05, 0) is 60.9 Å². The van der Waals surface area contributed by atoms with E-state index in [-0.39, 0.29) is 17.8 Å². The van der Waals surface area contributed by atoms with Gasteiger partial charge in [0.05, 0.1) is 6.04 Å². The predicted octanol–water partition coefficient (Wildman–Crippen LogP) is 4.80. The molecule has 0 unspecified atom stereocenters. The van der Waals surface area contributed by atoms with Gasteiger partial charge >= 0.3 is 0 Å². The Morgan fingerprint density at radius 2 is 1.63 bits per heavy atom. The van der Waals surface area contributed by atoms with Crippen LogP contribution in [0.1, 0.15) is 46.9 Å². The molecular formula is C29H35FN4O. The van der Waals surface area contributed by atoms with Gasteiger partial charge in [0, 0.05) is 57.1 Å². The second-order valence-corrected chi connectivity index (χ2v) is 9.08. The number of rotatable bonds is 8. The van der Waals surface area contributed by atoms with Gasteiger partial charge in [0.2, 0.25) is 0 Å². The fourth-order valence-corrected chi connectivity index (χ4v) is 4.96. The molecule has 1 aliphatic rings. The van der Waals surface area contributed by atoms with Crippen molar-refractivity contribution in [1.82, 2.24) is 14.7 Å². The van der Waals surface area contributed by atoms with Crippen LogP contribution in [-0.2, 0) is 6.54 Å². The number of piperazine rings is 1. The van der Waals surface area contributed by atoms with Gasteiger partial charge in [-0.15, -0.1) is 0 Å². The van der Waals surface area contributed by atoms with Gasteiger partial charge < -0.3 is 10.6 Å². The van der Waals surface area contributed by atoms with E-state index in [1.807, 2.05) is 67.3 Å². The van der Waals surface area contributed by atoms with Crippen LogP contribution in [0.15, 0.2) is 72.8 Å². The van der Waals surface area contributed by atoms with Gasteiger partial charge in [-0.25, -0.2) is 4.39 Å². The Labute approximate surface area is 208 Å². The van der Waals surface area contributed by atoms with Gasteiger partial charge in [-0.3, -0.25) is 14.6 Å². The van der Waals surface area contributed by atoms with Gasteiger partial charge in [0.15, 0.2) is 0 Å². The van der Waals surface area contributed by atoms with Gasteiger partial charge in [0.25, 0.3) is 5.91 Å². The quantitative estimate of drug-likeness (QED) is 0.477. The third-order valence-electron chi connectivity index (χ3n) is 6.85. The fraction of sp³-hybridized carbons (Fsp3) is 0.345. The van der Waals surface area contributed by atoms with E-state index in [0.717, 1.165) is 60.7 Å². The van der Waals surface area contributed by atoms with Crippen LogP contribution in [0.2, 0.25) is 0 Å². The number of amides is 1. The van der Waals surface area contributed by atoms with Crippen molar-refractivity contribution in [2.75, 3.05) is 45.0 Å². The summed E-state index contributed by atoms with van der Waals surface area (Å²) in [6, 6.07) is 22.7. The molecule has 1 amide bonds. The Morgan fingerprint density at radius 3 is 2.29 bits per heavy atom. The monoisotopic (exact) mass is 474 g/mol. The SMILES string of the molecule is CCN(CC)C(=O)c1ccccc1[C@@H](c1cccc(N)c1)N1CCN(Cc2ccc(F)cc2)CC1. The van der Waals surface area contributed by atoms with E-state index >= 15 is 0 Å². The number of halogens is 1. The Kier molecular flexibility index (Phi) is 8.16. The molecule has 0 bridgehead atoms. The van der Waals surface area contributed by atoms with Crippen molar-refractivity contribution in [2.24, 2.45) is 0 Å². The summed E-state index contributed by atoms with van der Waals surface area (Å²) in [5.41, 5.74) is 10.9. The van der Waals surface area contributed by atoms with Gasteiger partial charge in [-0.2, -0.15) is 0 Å². The normalized spacial score (nSPS) is 15.6. The molecule has 1 aliphatic heterocycles. The van der Waals surface area contributed by atoms with Crippen molar-refractivity contribution in [1.29, 1.82) is 0 Å². The lowest BCUT2D eigenvalue weighted by Crippen LogP contribution is -2.47. The maximum absolute atomic E-state index is 13.4. The number of nitrogens with two attached hydrogens (primary N) is 1. The highest BCUT2D eigenvalue weighted by Crippen LogP contribution is 2.33. The van der Waals surface area contributed by atoms with E-state index in [9.17, 15) is 9.18 Å². The van der Waals surface area contributed by atoms with Crippen LogP contribution in [0.4, 0.5) is 10.1 Å². The lowest BCUT2D eigenvalue weighted by molar-refractivity contribution is 0.0764. The minimum atomic E-state index is -0.207. The first-order chi connectivity index (χ1) is 17.0. The molecule has 2 N–H and O–H groups in total. The molecule has 3 aromatic carbocycles. The average molecular weight is 475 g/mol. The molecule has 6 heteroatoms. The number of nitrogen functional groups attached to an aromatic ring is 1. The van der Waals surface area contributed by atoms with E-state index in [1.165, 1.54) is 12.1 Å². The second-order valence-electron chi connectivity index (χ2n) is 9.08. The molecular weight excluding hydrogens is 439 g/mol. The van der Waals surface area contributed by atoms with Crippen LogP contribution in [-0.4, -0.2) is 59.9 Å². The predicted molar refractivity (Wildman–Crippen MR) is 140 cm³/mol. The molecule has 3 aromatic rings. The van der Waals surface area contributed by atoms with E-state index in [2.05, 4.69) is 21.9 Å². The van der Waals surface area contributed by atoms with Crippen LogP contribution < -0.4 is 5.73 Å². The summed E-state index contributed by atoms with van der Waals surface area (Å²) in [6.45, 7) is 9.67. The number of benzene rings is 3. The van der Waals surface area contributed by atoms with E-state index in [1.54, 1.807) is 0 Å². The first-order valence-electron chi connectivity index (χ1n) is 12.4. The second kappa shape index (κ2) is 11.5. The number of anilines is 1. The zero-order valence-electron chi connectivity index (χ0n) is 20.7. The highest BCUT2D eigenvalue weighted by molar-refractivity contribution is 5.96. The average Bonchev–Trinajstić information content (AvgIpc) is 2.88. The molecule has 1 atom stereocenters. The van der Waals surface area contributed by atoms with Crippen LogP contribution in [0.25, 0.3) is 0 Å². The molecule has 184 valence electrons. The van der Waals surface area contributed by atoms with Crippen LogP contribution >= 0.6 is 0 Å². The molecule has 35 heavy (non-hydrogen) atoms. The lowest BCUT2D eigenvalue weighted by Gasteiger charge is -2.40. The molecule has 0 saturated carbocycles. The first-order valence-corrected chi connectivity index (χ1v) is 12.4. The summed E-state index contributed by atoms with van der Waals surface area (Å²) in [7, 11) is 0. The third-order valence-corrected chi connectivity index (χ3v) is 6.85. The highest BCUT2D eigenvalue weighted by Gasteiger charge is 2.30. The minimum absolute atomic E-state index is 0.0643. The third kappa shape index (κ3) is 5.89. The summed E-state index contributed by atoms with van der Waals surface area (Å²) < 4.78 is 13.3. The molecule has 0 aliphatic carbocycles. The molecule has 1 saturated heterocycles. The fourth-order valence-electron chi connectivity index (χ4n) is 4.96. The number of nitrogens with zero attached hydrogens (tertiary/aromatic N) is 3. The molecule has 0 spiro atoms. The van der Waals surface area contributed by atoms with Crippen LogP contribution in [0, 0.1) is 5.82 Å². The Hall–Kier alpha value is -3.22. The zero-order valence-corrected chi connectivity index (χ0v) is 20.7. The van der Waals surface area contributed by atoms with Crippen LogP contribution in [0.5, 0.6) is 0 Å². The topological polar surface area (TPSA) is 52.8 Å². The summed E-state index contributed by atoms with van der Waals surface area (Å²) in [5, 5.41) is 0. The standard InChI is InChI=1S/C29H35FN4O/c1-3-33(4-2)29(35)27-11-6-5-10-26(27)28(23-8-7-9-25(31)20-23)34-18-16-32(17-19-34)21-22-12-14-24(30)15-13-22/h5-15,20,28H,3-4,16-19,21,31H2,1-2H3/t28-/m1/s1. The number of hydrogen-bond donors (Lipinski definition) is 1. The highest BCUT2D eigenvalue weighted by atomic mass is 19.1. The minimum Gasteiger partial charge on any atom is -0.399 e. The zero-order chi connectivity index (χ0) is 24.8. The van der Waals surface area contributed by atoms with Crippen molar-refractivity contribution >= 4 is 11.6 Å². The molecule has 0 aromatic heterocycles. The summed E-state index contributed by atoms with van der Waals surface area (Å²) in [5.74, 6) is -0.143. The molecule has 5 nitrogen and oxygen atoms in total. The van der Waals surface area contributed by atoms with Crippen molar-refractivity contribution in [3.63, 3.8) is 0 Å². The molecule has 0 radical (unpaired) electrons. The lowest BCUT2D eigenvalue weighted by atomic mass is 9.91.